The van der Waals surface area contributed by atoms with Gasteiger partial charge in [0.2, 0.25) is 0 Å². The zero-order chi connectivity index (χ0) is 45.0. The van der Waals surface area contributed by atoms with Crippen LogP contribution in [0, 0.1) is 0 Å². The molecule has 0 spiro atoms. The van der Waals surface area contributed by atoms with E-state index in [1.54, 1.807) is 0 Å². The quantitative estimate of drug-likeness (QED) is 0.138. The van der Waals surface area contributed by atoms with Gasteiger partial charge in [0.1, 0.15) is 0 Å². The fourth-order valence-electron chi connectivity index (χ4n) is 10.6. The summed E-state index contributed by atoms with van der Waals surface area (Å²) in [6.45, 7) is 0. The molecule has 0 saturated carbocycles. The highest BCUT2D eigenvalue weighted by Crippen LogP contribution is 2.46. The van der Waals surface area contributed by atoms with Crippen molar-refractivity contribution in [3.05, 3.63) is 267 Å². The molecule has 0 aliphatic carbocycles. The van der Waals surface area contributed by atoms with Crippen molar-refractivity contribution in [1.82, 2.24) is 4.57 Å². The van der Waals surface area contributed by atoms with Gasteiger partial charge in [-0.05, 0) is 150 Å². The Balaban J connectivity index is 0.910. The molecule has 2 nitrogen and oxygen atoms in total. The van der Waals surface area contributed by atoms with Crippen molar-refractivity contribution in [2.75, 3.05) is 4.90 Å². The number of anilines is 3. The van der Waals surface area contributed by atoms with Gasteiger partial charge in [-0.25, -0.2) is 0 Å². The molecule has 0 N–H and O–H groups in total. The number of para-hydroxylation sites is 2. The first-order chi connectivity index (χ1) is 33.7. The van der Waals surface area contributed by atoms with Gasteiger partial charge in [0.05, 0.1) is 11.0 Å². The normalized spacial score (nSPS) is 11.5. The third-order valence-electron chi connectivity index (χ3n) is 13.7. The second-order valence-electron chi connectivity index (χ2n) is 17.7. The largest absolute Gasteiger partial charge is 0.310 e. The average Bonchev–Trinajstić information content (AvgIpc) is 3.75. The minimum absolute atomic E-state index is 1.09. The summed E-state index contributed by atoms with van der Waals surface area (Å²) < 4.78 is 2.37. The summed E-state index contributed by atoms with van der Waals surface area (Å²) in [5.41, 5.74) is 16.5. The van der Waals surface area contributed by atoms with Gasteiger partial charge in [0.15, 0.2) is 0 Å². The highest BCUT2D eigenvalue weighted by atomic mass is 15.1. The van der Waals surface area contributed by atoms with E-state index in [-0.39, 0.29) is 0 Å². The lowest BCUT2D eigenvalue weighted by Gasteiger charge is -2.26. The topological polar surface area (TPSA) is 8.17 Å². The lowest BCUT2D eigenvalue weighted by atomic mass is 9.84. The minimum Gasteiger partial charge on any atom is -0.310 e. The van der Waals surface area contributed by atoms with Crippen LogP contribution in [0.5, 0.6) is 0 Å². The number of hydrogen-bond acceptors (Lipinski definition) is 1. The Morgan fingerprint density at radius 2 is 0.691 bits per heavy atom. The molecular formula is C66H44N2. The van der Waals surface area contributed by atoms with E-state index < -0.39 is 0 Å². The minimum atomic E-state index is 1.09. The van der Waals surface area contributed by atoms with Gasteiger partial charge in [-0.3, -0.25) is 0 Å². The summed E-state index contributed by atoms with van der Waals surface area (Å²) in [4.78, 5) is 2.38. The van der Waals surface area contributed by atoms with Crippen LogP contribution >= 0.6 is 0 Å². The summed E-state index contributed by atoms with van der Waals surface area (Å²) in [7, 11) is 0. The Morgan fingerprint density at radius 3 is 1.35 bits per heavy atom. The first-order valence-electron chi connectivity index (χ1n) is 23.4. The fourth-order valence-corrected chi connectivity index (χ4v) is 10.6. The summed E-state index contributed by atoms with van der Waals surface area (Å²) in [6, 6.07) is 97.4. The Bertz CT molecular complexity index is 3980. The Kier molecular flexibility index (Phi) is 9.54. The molecule has 1 aromatic heterocycles. The van der Waals surface area contributed by atoms with Crippen molar-refractivity contribution in [3.8, 4) is 50.2 Å². The molecule has 0 amide bonds. The van der Waals surface area contributed by atoms with Crippen molar-refractivity contribution in [2.45, 2.75) is 0 Å². The van der Waals surface area contributed by atoms with E-state index in [0.717, 1.165) is 17.1 Å². The van der Waals surface area contributed by atoms with E-state index in [2.05, 4.69) is 276 Å². The molecule has 0 bridgehead atoms. The Hall–Kier alpha value is -8.98. The monoisotopic (exact) mass is 864 g/mol. The smallest absolute Gasteiger partial charge is 0.0541 e. The third-order valence-corrected chi connectivity index (χ3v) is 13.7. The van der Waals surface area contributed by atoms with Crippen LogP contribution in [0.4, 0.5) is 17.1 Å². The molecule has 0 fully saturated rings. The summed E-state index contributed by atoms with van der Waals surface area (Å²) in [5, 5.41) is 9.95. The van der Waals surface area contributed by atoms with Crippen LogP contribution in [0.1, 0.15) is 0 Å². The SMILES string of the molecule is c1ccc(-c2c(-c3ccccc3)c3cc(-c4ccc(N(c5ccc(-c6ccc7c(c6)c6ccccc6n7-c6ccccc6)cc5)c5ccc6ccccc6c5)cc4)ccc3c3ccccc23)cc1. The third kappa shape index (κ3) is 6.73. The number of aromatic nitrogens is 1. The summed E-state index contributed by atoms with van der Waals surface area (Å²) >= 11 is 0. The van der Waals surface area contributed by atoms with Gasteiger partial charge in [-0.15, -0.1) is 0 Å². The Labute approximate surface area is 395 Å². The van der Waals surface area contributed by atoms with Crippen LogP contribution in [0.25, 0.3) is 104 Å². The maximum atomic E-state index is 2.40. The summed E-state index contributed by atoms with van der Waals surface area (Å²) in [5.74, 6) is 0. The molecule has 13 aromatic rings. The van der Waals surface area contributed by atoms with Crippen LogP contribution in [0.3, 0.4) is 0 Å². The molecule has 2 heteroatoms. The van der Waals surface area contributed by atoms with E-state index >= 15 is 0 Å². The fraction of sp³-hybridized carbons (Fsp3) is 0. The number of benzene rings is 12. The molecule has 0 radical (unpaired) electrons. The van der Waals surface area contributed by atoms with E-state index in [1.807, 2.05) is 0 Å². The molecule has 13 rings (SSSR count). The molecule has 68 heavy (non-hydrogen) atoms. The predicted molar refractivity (Wildman–Crippen MR) is 290 cm³/mol. The second kappa shape index (κ2) is 16.5. The van der Waals surface area contributed by atoms with Crippen LogP contribution < -0.4 is 4.90 Å². The number of fused-ring (bicyclic) bond motifs is 7. The van der Waals surface area contributed by atoms with Crippen molar-refractivity contribution < 1.29 is 0 Å². The molecule has 318 valence electrons. The lowest BCUT2D eigenvalue weighted by Crippen LogP contribution is -2.09. The lowest BCUT2D eigenvalue weighted by molar-refractivity contribution is 1.18. The van der Waals surface area contributed by atoms with Crippen LogP contribution in [0.2, 0.25) is 0 Å². The van der Waals surface area contributed by atoms with E-state index in [4.69, 9.17) is 0 Å². The van der Waals surface area contributed by atoms with Crippen molar-refractivity contribution in [3.63, 3.8) is 0 Å². The van der Waals surface area contributed by atoms with Gasteiger partial charge < -0.3 is 9.47 Å². The van der Waals surface area contributed by atoms with Gasteiger partial charge in [-0.2, -0.15) is 0 Å². The Morgan fingerprint density at radius 1 is 0.235 bits per heavy atom. The van der Waals surface area contributed by atoms with Gasteiger partial charge in [-0.1, -0.05) is 194 Å². The molecule has 0 aliphatic rings. The summed E-state index contributed by atoms with van der Waals surface area (Å²) in [6.07, 6.45) is 0. The first kappa shape index (κ1) is 39.4. The van der Waals surface area contributed by atoms with E-state index in [0.29, 0.717) is 0 Å². The predicted octanol–water partition coefficient (Wildman–Crippen LogP) is 18.4. The maximum Gasteiger partial charge on any atom is 0.0541 e. The standard InChI is InChI=1S/C66H44N2/c1-4-17-48(18-5-1)65-60-26-13-12-24-57(60)58-40-33-51(44-62(58)66(65)49-19-6-2-7-20-49)46-28-35-54(36-29-46)67(56-39-32-45-16-10-11-21-50(45)42-56)55-37-30-47(31-38-55)52-34-41-64-61(43-52)59-25-14-15-27-63(59)68(64)53-22-8-3-9-23-53/h1-44H. The van der Waals surface area contributed by atoms with Crippen molar-refractivity contribution >= 4 is 71.2 Å². The number of nitrogens with zero attached hydrogens (tertiary/aromatic N) is 2. The molecule has 1 heterocycles. The van der Waals surface area contributed by atoms with Crippen molar-refractivity contribution in [1.29, 1.82) is 0 Å². The molecule has 0 atom stereocenters. The molecular weight excluding hydrogens is 821 g/mol. The molecule has 0 aliphatic heterocycles. The number of hydrogen-bond donors (Lipinski definition) is 0. The first-order valence-corrected chi connectivity index (χ1v) is 23.4. The van der Waals surface area contributed by atoms with Crippen LogP contribution in [-0.4, -0.2) is 4.57 Å². The molecule has 12 aromatic carbocycles. The van der Waals surface area contributed by atoms with Gasteiger partial charge in [0, 0.05) is 33.5 Å². The van der Waals surface area contributed by atoms with E-state index in [9.17, 15) is 0 Å². The molecule has 0 saturated heterocycles. The van der Waals surface area contributed by atoms with E-state index in [1.165, 1.54) is 104 Å². The highest BCUT2D eigenvalue weighted by Gasteiger charge is 2.20. The van der Waals surface area contributed by atoms with Gasteiger partial charge >= 0.3 is 0 Å². The molecule has 0 unspecified atom stereocenters. The number of rotatable bonds is 8. The van der Waals surface area contributed by atoms with Crippen LogP contribution in [0.15, 0.2) is 267 Å². The second-order valence-corrected chi connectivity index (χ2v) is 17.7. The van der Waals surface area contributed by atoms with Gasteiger partial charge in [0.25, 0.3) is 0 Å². The van der Waals surface area contributed by atoms with Crippen LogP contribution in [-0.2, 0) is 0 Å². The zero-order valence-corrected chi connectivity index (χ0v) is 37.3. The highest BCUT2D eigenvalue weighted by molar-refractivity contribution is 6.22. The zero-order valence-electron chi connectivity index (χ0n) is 37.3. The maximum absolute atomic E-state index is 2.40. The average molecular weight is 865 g/mol. The van der Waals surface area contributed by atoms with Crippen molar-refractivity contribution in [2.24, 2.45) is 0 Å².